The summed E-state index contributed by atoms with van der Waals surface area (Å²) in [6.07, 6.45) is 2.36. The zero-order chi connectivity index (χ0) is 19.9. The highest BCUT2D eigenvalue weighted by atomic mass is 16.5. The van der Waals surface area contributed by atoms with E-state index in [-0.39, 0.29) is 11.7 Å². The number of rotatable bonds is 5. The van der Waals surface area contributed by atoms with Gasteiger partial charge in [-0.3, -0.25) is 9.59 Å². The summed E-state index contributed by atoms with van der Waals surface area (Å²) in [4.78, 5) is 26.6. The molecule has 0 aliphatic carbocycles. The van der Waals surface area contributed by atoms with Gasteiger partial charge in [0.1, 0.15) is 11.3 Å². The molecule has 0 atom stereocenters. The van der Waals surface area contributed by atoms with E-state index in [2.05, 4.69) is 4.98 Å². The number of hydrogen-bond acceptors (Lipinski definition) is 4. The Labute approximate surface area is 157 Å². The molecule has 6 heteroatoms. The van der Waals surface area contributed by atoms with Gasteiger partial charge >= 0.3 is 0 Å². The average Bonchev–Trinajstić information content (AvgIpc) is 3.02. The quantitative estimate of drug-likeness (QED) is 0.677. The van der Waals surface area contributed by atoms with E-state index in [4.69, 9.17) is 4.74 Å². The number of nitrogens with one attached hydrogen (secondary N) is 1. The van der Waals surface area contributed by atoms with Crippen LogP contribution in [0.2, 0.25) is 0 Å². The molecule has 0 saturated carbocycles. The largest absolute Gasteiger partial charge is 0.490 e. The number of carbonyl (C=O) groups is 1. The Balaban J connectivity index is 2.37. The van der Waals surface area contributed by atoms with Crippen molar-refractivity contribution in [2.24, 2.45) is 7.05 Å². The van der Waals surface area contributed by atoms with Crippen LogP contribution in [-0.4, -0.2) is 27.0 Å². The van der Waals surface area contributed by atoms with E-state index in [1.807, 2.05) is 32.0 Å². The maximum atomic E-state index is 12.5. The molecule has 0 unspecified atom stereocenters. The van der Waals surface area contributed by atoms with E-state index in [1.54, 1.807) is 33.2 Å². The molecule has 0 fully saturated rings. The number of nitrogens with zero attached hydrogens (tertiary/aromatic N) is 1. The van der Waals surface area contributed by atoms with Crippen LogP contribution in [0.1, 0.15) is 43.7 Å². The smallest absolute Gasteiger partial charge is 0.274 e. The van der Waals surface area contributed by atoms with Crippen molar-refractivity contribution in [2.75, 3.05) is 0 Å². The number of aryl methyl sites for hydroxylation is 1. The highest BCUT2D eigenvalue weighted by molar-refractivity contribution is 5.99. The molecule has 1 aromatic carbocycles. The van der Waals surface area contributed by atoms with Crippen molar-refractivity contribution in [1.82, 2.24) is 9.55 Å². The van der Waals surface area contributed by atoms with Gasteiger partial charge in [-0.25, -0.2) is 0 Å². The zero-order valence-electron chi connectivity index (χ0n) is 16.2. The molecule has 6 nitrogen and oxygen atoms in total. The first-order valence-electron chi connectivity index (χ1n) is 8.83. The molecular weight excluding hydrogens is 344 g/mol. The standard InChI is InChI=1S/C21H24N2O4/c1-12(2)27-18-7-6-13(21(3,4)26)8-15(18)17-10-23(5)20(25)19-16(17)9-14(11-24)22-19/h6-12,22,26H,1-5H3. The minimum atomic E-state index is -1.03. The van der Waals surface area contributed by atoms with E-state index in [0.29, 0.717) is 28.6 Å². The molecule has 0 aliphatic rings. The van der Waals surface area contributed by atoms with Crippen LogP contribution < -0.4 is 10.3 Å². The first-order valence-corrected chi connectivity index (χ1v) is 8.83. The fourth-order valence-corrected chi connectivity index (χ4v) is 3.11. The van der Waals surface area contributed by atoms with Gasteiger partial charge in [0, 0.05) is 29.8 Å². The molecule has 0 spiro atoms. The highest BCUT2D eigenvalue weighted by Gasteiger charge is 2.21. The number of aromatic amines is 1. The minimum absolute atomic E-state index is 0.0449. The predicted molar refractivity (Wildman–Crippen MR) is 105 cm³/mol. The minimum Gasteiger partial charge on any atom is -0.490 e. The Morgan fingerprint density at radius 2 is 1.93 bits per heavy atom. The summed E-state index contributed by atoms with van der Waals surface area (Å²) < 4.78 is 7.44. The third-order valence-electron chi connectivity index (χ3n) is 4.45. The van der Waals surface area contributed by atoms with Crippen LogP contribution in [0.4, 0.5) is 0 Å². The van der Waals surface area contributed by atoms with E-state index >= 15 is 0 Å². The Morgan fingerprint density at radius 3 is 2.52 bits per heavy atom. The summed E-state index contributed by atoms with van der Waals surface area (Å²) in [5.74, 6) is 0.645. The number of hydrogen-bond donors (Lipinski definition) is 2. The van der Waals surface area contributed by atoms with Crippen molar-refractivity contribution in [1.29, 1.82) is 0 Å². The maximum Gasteiger partial charge on any atom is 0.274 e. The molecule has 2 heterocycles. The second kappa shape index (κ2) is 6.70. The Kier molecular flexibility index (Phi) is 4.70. The van der Waals surface area contributed by atoms with Gasteiger partial charge in [0.2, 0.25) is 0 Å². The molecule has 3 aromatic rings. The van der Waals surface area contributed by atoms with Crippen LogP contribution >= 0.6 is 0 Å². The Hall–Kier alpha value is -2.86. The molecule has 2 N–H and O–H groups in total. The van der Waals surface area contributed by atoms with Crippen LogP contribution in [0, 0.1) is 0 Å². The molecule has 3 rings (SSSR count). The number of benzene rings is 1. The van der Waals surface area contributed by atoms with Gasteiger partial charge in [-0.2, -0.15) is 0 Å². The molecule has 27 heavy (non-hydrogen) atoms. The highest BCUT2D eigenvalue weighted by Crippen LogP contribution is 2.37. The van der Waals surface area contributed by atoms with Gasteiger partial charge in [-0.15, -0.1) is 0 Å². The molecule has 2 aromatic heterocycles. The monoisotopic (exact) mass is 368 g/mol. The lowest BCUT2D eigenvalue weighted by molar-refractivity contribution is 0.0785. The molecule has 0 radical (unpaired) electrons. The summed E-state index contributed by atoms with van der Waals surface area (Å²) in [6, 6.07) is 7.18. The first kappa shape index (κ1) is 18.9. The van der Waals surface area contributed by atoms with Crippen molar-refractivity contribution < 1.29 is 14.6 Å². The van der Waals surface area contributed by atoms with Gasteiger partial charge in [-0.05, 0) is 51.5 Å². The summed E-state index contributed by atoms with van der Waals surface area (Å²) >= 11 is 0. The first-order chi connectivity index (χ1) is 12.6. The van der Waals surface area contributed by atoms with Crippen molar-refractivity contribution in [3.05, 3.63) is 52.1 Å². The van der Waals surface area contributed by atoms with Gasteiger partial charge < -0.3 is 19.4 Å². The SMILES string of the molecule is CC(C)Oc1ccc(C(C)(C)O)cc1-c1cn(C)c(=O)c2[nH]c(C=O)cc12. The van der Waals surface area contributed by atoms with Crippen molar-refractivity contribution in [2.45, 2.75) is 39.4 Å². The predicted octanol–water partition coefficient (Wildman–Crippen LogP) is 3.36. The summed E-state index contributed by atoms with van der Waals surface area (Å²) in [5.41, 5.74) is 1.67. The lowest BCUT2D eigenvalue weighted by Crippen LogP contribution is -2.18. The van der Waals surface area contributed by atoms with Gasteiger partial charge in [0.25, 0.3) is 5.56 Å². The molecule has 0 aliphatic heterocycles. The van der Waals surface area contributed by atoms with Crippen LogP contribution in [0.3, 0.4) is 0 Å². The lowest BCUT2D eigenvalue weighted by Gasteiger charge is -2.22. The summed E-state index contributed by atoms with van der Waals surface area (Å²) in [6.45, 7) is 7.30. The molecular formula is C21H24N2O4. The second-order valence-electron chi connectivity index (χ2n) is 7.53. The average molecular weight is 368 g/mol. The Morgan fingerprint density at radius 1 is 1.22 bits per heavy atom. The van der Waals surface area contributed by atoms with Crippen LogP contribution in [0.15, 0.2) is 35.3 Å². The number of aromatic nitrogens is 2. The van der Waals surface area contributed by atoms with Crippen LogP contribution in [-0.2, 0) is 12.6 Å². The van der Waals surface area contributed by atoms with Crippen LogP contribution in [0.5, 0.6) is 5.75 Å². The van der Waals surface area contributed by atoms with E-state index in [0.717, 1.165) is 16.7 Å². The van der Waals surface area contributed by atoms with Crippen molar-refractivity contribution >= 4 is 17.2 Å². The van der Waals surface area contributed by atoms with Crippen molar-refractivity contribution in [3.63, 3.8) is 0 Å². The molecule has 142 valence electrons. The molecule has 0 saturated heterocycles. The fourth-order valence-electron chi connectivity index (χ4n) is 3.11. The van der Waals surface area contributed by atoms with Gasteiger partial charge in [-0.1, -0.05) is 6.07 Å². The number of aldehydes is 1. The lowest BCUT2D eigenvalue weighted by atomic mass is 9.93. The maximum absolute atomic E-state index is 12.5. The number of carbonyl (C=O) groups excluding carboxylic acids is 1. The van der Waals surface area contributed by atoms with E-state index in [1.165, 1.54) is 4.57 Å². The summed E-state index contributed by atoms with van der Waals surface area (Å²) in [7, 11) is 1.66. The van der Waals surface area contributed by atoms with E-state index in [9.17, 15) is 14.7 Å². The number of aliphatic hydroxyl groups is 1. The van der Waals surface area contributed by atoms with E-state index < -0.39 is 5.60 Å². The third kappa shape index (κ3) is 3.53. The fraction of sp³-hybridized carbons (Fsp3) is 0.333. The number of fused-ring (bicyclic) bond motifs is 1. The number of pyridine rings is 1. The molecule has 0 amide bonds. The number of H-pyrrole nitrogens is 1. The zero-order valence-corrected chi connectivity index (χ0v) is 16.2. The third-order valence-corrected chi connectivity index (χ3v) is 4.45. The number of ether oxygens (including phenoxy) is 1. The second-order valence-corrected chi connectivity index (χ2v) is 7.53. The van der Waals surface area contributed by atoms with Crippen molar-refractivity contribution in [3.8, 4) is 16.9 Å². The summed E-state index contributed by atoms with van der Waals surface area (Å²) in [5, 5.41) is 11.1. The molecule has 0 bridgehead atoms. The van der Waals surface area contributed by atoms with Gasteiger partial charge in [0.15, 0.2) is 6.29 Å². The van der Waals surface area contributed by atoms with Gasteiger partial charge in [0.05, 0.1) is 17.4 Å². The normalized spacial score (nSPS) is 12.0. The Bertz CT molecular complexity index is 1070. The van der Waals surface area contributed by atoms with Crippen LogP contribution in [0.25, 0.3) is 22.0 Å². The topological polar surface area (TPSA) is 84.3 Å².